The third-order valence-corrected chi connectivity index (χ3v) is 3.19. The molecule has 2 rings (SSSR count). The van der Waals surface area contributed by atoms with Gasteiger partial charge in [-0.1, -0.05) is 18.2 Å². The lowest BCUT2D eigenvalue weighted by atomic mass is 10.1. The van der Waals surface area contributed by atoms with Gasteiger partial charge >= 0.3 is 0 Å². The molecule has 0 atom stereocenters. The number of ether oxygens (including phenoxy) is 2. The average Bonchev–Trinajstić information content (AvgIpc) is 2.51. The molecule has 0 aromatic heterocycles. The number of phenolic OH excluding ortho intramolecular Hbond substituents is 2. The SMILES string of the molecule is COc1ccc(CNCc2cccc(O)c2O)cc1OC. The summed E-state index contributed by atoms with van der Waals surface area (Å²) >= 11 is 0. The Morgan fingerprint density at radius 2 is 1.71 bits per heavy atom. The Balaban J connectivity index is 1.99. The van der Waals surface area contributed by atoms with E-state index in [1.54, 1.807) is 26.4 Å². The van der Waals surface area contributed by atoms with Crippen molar-refractivity contribution in [3.63, 3.8) is 0 Å². The lowest BCUT2D eigenvalue weighted by molar-refractivity contribution is 0.354. The Bertz CT molecular complexity index is 613. The number of hydrogen-bond donors (Lipinski definition) is 3. The van der Waals surface area contributed by atoms with Crippen LogP contribution < -0.4 is 14.8 Å². The number of aromatic hydroxyl groups is 2. The normalized spacial score (nSPS) is 10.4. The molecule has 0 unspecified atom stereocenters. The van der Waals surface area contributed by atoms with Crippen LogP contribution in [-0.2, 0) is 13.1 Å². The summed E-state index contributed by atoms with van der Waals surface area (Å²) in [5.41, 5.74) is 1.68. The summed E-state index contributed by atoms with van der Waals surface area (Å²) in [7, 11) is 3.19. The minimum absolute atomic E-state index is 0.0858. The van der Waals surface area contributed by atoms with E-state index in [1.165, 1.54) is 6.07 Å². The molecular formula is C16H19NO4. The Morgan fingerprint density at radius 3 is 2.43 bits per heavy atom. The Labute approximate surface area is 123 Å². The summed E-state index contributed by atoms with van der Waals surface area (Å²) in [5.74, 6) is 1.17. The lowest BCUT2D eigenvalue weighted by Gasteiger charge is -2.11. The second-order valence-electron chi connectivity index (χ2n) is 4.58. The van der Waals surface area contributed by atoms with Crippen LogP contribution in [-0.4, -0.2) is 24.4 Å². The summed E-state index contributed by atoms with van der Waals surface area (Å²) in [6.07, 6.45) is 0. The number of methoxy groups -OCH3 is 2. The van der Waals surface area contributed by atoms with E-state index in [4.69, 9.17) is 9.47 Å². The molecule has 2 aromatic carbocycles. The molecule has 0 amide bonds. The molecule has 5 nitrogen and oxygen atoms in total. The van der Waals surface area contributed by atoms with Crippen molar-refractivity contribution in [1.82, 2.24) is 5.32 Å². The van der Waals surface area contributed by atoms with Crippen LogP contribution in [0.15, 0.2) is 36.4 Å². The fourth-order valence-electron chi connectivity index (χ4n) is 2.05. The highest BCUT2D eigenvalue weighted by molar-refractivity contribution is 5.44. The van der Waals surface area contributed by atoms with E-state index in [-0.39, 0.29) is 11.5 Å². The minimum Gasteiger partial charge on any atom is -0.504 e. The van der Waals surface area contributed by atoms with Gasteiger partial charge in [-0.15, -0.1) is 0 Å². The molecule has 0 saturated heterocycles. The van der Waals surface area contributed by atoms with Gasteiger partial charge < -0.3 is 25.0 Å². The van der Waals surface area contributed by atoms with Crippen LogP contribution >= 0.6 is 0 Å². The van der Waals surface area contributed by atoms with Crippen LogP contribution in [0.4, 0.5) is 0 Å². The van der Waals surface area contributed by atoms with Gasteiger partial charge in [0.25, 0.3) is 0 Å². The van der Waals surface area contributed by atoms with Crippen LogP contribution in [0.3, 0.4) is 0 Å². The summed E-state index contributed by atoms with van der Waals surface area (Å²) in [6.45, 7) is 1.06. The van der Waals surface area contributed by atoms with Crippen molar-refractivity contribution in [2.45, 2.75) is 13.1 Å². The number of phenols is 2. The van der Waals surface area contributed by atoms with Crippen molar-refractivity contribution in [3.8, 4) is 23.0 Å². The highest BCUT2D eigenvalue weighted by Gasteiger charge is 2.07. The van der Waals surface area contributed by atoms with E-state index >= 15 is 0 Å². The zero-order valence-corrected chi connectivity index (χ0v) is 12.1. The van der Waals surface area contributed by atoms with Crippen LogP contribution in [0, 0.1) is 0 Å². The summed E-state index contributed by atoms with van der Waals surface area (Å²) in [5, 5.41) is 22.4. The average molecular weight is 289 g/mol. The fourth-order valence-corrected chi connectivity index (χ4v) is 2.05. The molecule has 5 heteroatoms. The van der Waals surface area contributed by atoms with Gasteiger partial charge in [0.15, 0.2) is 23.0 Å². The molecule has 0 fully saturated rings. The molecule has 2 aromatic rings. The number of benzene rings is 2. The van der Waals surface area contributed by atoms with E-state index in [0.29, 0.717) is 30.2 Å². The highest BCUT2D eigenvalue weighted by atomic mass is 16.5. The molecule has 0 spiro atoms. The first-order chi connectivity index (χ1) is 10.2. The maximum absolute atomic E-state index is 9.72. The van der Waals surface area contributed by atoms with Gasteiger partial charge in [0.05, 0.1) is 14.2 Å². The van der Waals surface area contributed by atoms with Crippen molar-refractivity contribution in [1.29, 1.82) is 0 Å². The Morgan fingerprint density at radius 1 is 0.952 bits per heavy atom. The van der Waals surface area contributed by atoms with E-state index in [9.17, 15) is 10.2 Å². The molecule has 0 heterocycles. The molecule has 0 bridgehead atoms. The van der Waals surface area contributed by atoms with Crippen LogP contribution in [0.2, 0.25) is 0 Å². The molecule has 0 saturated carbocycles. The summed E-state index contributed by atoms with van der Waals surface area (Å²) < 4.78 is 10.4. The first-order valence-electron chi connectivity index (χ1n) is 6.57. The molecule has 0 aliphatic carbocycles. The first kappa shape index (κ1) is 15.0. The molecule has 0 aliphatic rings. The zero-order valence-electron chi connectivity index (χ0n) is 12.1. The smallest absolute Gasteiger partial charge is 0.161 e. The van der Waals surface area contributed by atoms with E-state index < -0.39 is 0 Å². The number of nitrogens with one attached hydrogen (secondary N) is 1. The largest absolute Gasteiger partial charge is 0.504 e. The predicted molar refractivity (Wildman–Crippen MR) is 79.9 cm³/mol. The fraction of sp³-hybridized carbons (Fsp3) is 0.250. The molecule has 3 N–H and O–H groups in total. The van der Waals surface area contributed by atoms with Gasteiger partial charge in [0.2, 0.25) is 0 Å². The Hall–Kier alpha value is -2.40. The number of hydrogen-bond acceptors (Lipinski definition) is 5. The van der Waals surface area contributed by atoms with E-state index in [2.05, 4.69) is 5.32 Å². The van der Waals surface area contributed by atoms with E-state index in [0.717, 1.165) is 5.56 Å². The second kappa shape index (κ2) is 6.85. The third-order valence-electron chi connectivity index (χ3n) is 3.19. The van der Waals surface area contributed by atoms with Crippen LogP contribution in [0.1, 0.15) is 11.1 Å². The topological polar surface area (TPSA) is 71.0 Å². The molecule has 0 radical (unpaired) electrons. The van der Waals surface area contributed by atoms with Crippen molar-refractivity contribution in [2.24, 2.45) is 0 Å². The standard InChI is InChI=1S/C16H19NO4/c1-20-14-7-6-11(8-15(14)21-2)9-17-10-12-4-3-5-13(18)16(12)19/h3-8,17-19H,9-10H2,1-2H3. The maximum Gasteiger partial charge on any atom is 0.161 e. The zero-order chi connectivity index (χ0) is 15.2. The maximum atomic E-state index is 9.72. The van der Waals surface area contributed by atoms with Crippen molar-refractivity contribution in [3.05, 3.63) is 47.5 Å². The van der Waals surface area contributed by atoms with Crippen molar-refractivity contribution in [2.75, 3.05) is 14.2 Å². The molecular weight excluding hydrogens is 270 g/mol. The van der Waals surface area contributed by atoms with Gasteiger partial charge in [0.1, 0.15) is 0 Å². The van der Waals surface area contributed by atoms with Gasteiger partial charge in [-0.25, -0.2) is 0 Å². The number of para-hydroxylation sites is 1. The Kier molecular flexibility index (Phi) is 4.90. The minimum atomic E-state index is -0.111. The summed E-state index contributed by atoms with van der Waals surface area (Å²) in [6, 6.07) is 10.6. The second-order valence-corrected chi connectivity index (χ2v) is 4.58. The highest BCUT2D eigenvalue weighted by Crippen LogP contribution is 2.29. The quantitative estimate of drug-likeness (QED) is 0.712. The van der Waals surface area contributed by atoms with Crippen LogP contribution in [0.5, 0.6) is 23.0 Å². The van der Waals surface area contributed by atoms with Gasteiger partial charge in [-0.2, -0.15) is 0 Å². The predicted octanol–water partition coefficient (Wildman–Crippen LogP) is 2.40. The van der Waals surface area contributed by atoms with Crippen LogP contribution in [0.25, 0.3) is 0 Å². The first-order valence-corrected chi connectivity index (χ1v) is 6.57. The molecule has 112 valence electrons. The molecule has 0 aliphatic heterocycles. The number of rotatable bonds is 6. The van der Waals surface area contributed by atoms with Crippen molar-refractivity contribution < 1.29 is 19.7 Å². The van der Waals surface area contributed by atoms with Gasteiger partial charge in [-0.05, 0) is 23.8 Å². The third kappa shape index (κ3) is 3.58. The summed E-state index contributed by atoms with van der Waals surface area (Å²) in [4.78, 5) is 0. The van der Waals surface area contributed by atoms with Crippen molar-refractivity contribution >= 4 is 0 Å². The van der Waals surface area contributed by atoms with E-state index in [1.807, 2.05) is 18.2 Å². The van der Waals surface area contributed by atoms with Gasteiger partial charge in [0, 0.05) is 18.7 Å². The molecule has 21 heavy (non-hydrogen) atoms. The van der Waals surface area contributed by atoms with Gasteiger partial charge in [-0.3, -0.25) is 0 Å². The monoisotopic (exact) mass is 289 g/mol. The lowest BCUT2D eigenvalue weighted by Crippen LogP contribution is -2.12.